The Balaban J connectivity index is 2.41. The average Bonchev–Trinajstić information content (AvgIpc) is 2.88. The third-order valence-corrected chi connectivity index (χ3v) is 3.59. The highest BCUT2D eigenvalue weighted by molar-refractivity contribution is 7.10. The fraction of sp³-hybridized carbons (Fsp3) is 0.500. The first-order valence-electron chi connectivity index (χ1n) is 5.10. The van der Waals surface area contributed by atoms with Crippen molar-refractivity contribution in [2.75, 3.05) is 0 Å². The van der Waals surface area contributed by atoms with E-state index >= 15 is 0 Å². The van der Waals surface area contributed by atoms with E-state index in [-0.39, 0.29) is 6.04 Å². The van der Waals surface area contributed by atoms with Crippen molar-refractivity contribution in [3.8, 4) is 0 Å². The molecule has 0 aromatic carbocycles. The van der Waals surface area contributed by atoms with Crippen LogP contribution in [0.3, 0.4) is 0 Å². The summed E-state index contributed by atoms with van der Waals surface area (Å²) in [5.41, 5.74) is 0. The normalized spacial score (nSPS) is 13.2. The van der Waals surface area contributed by atoms with Crippen LogP contribution in [-0.4, -0.2) is 20.2 Å². The molecular weight excluding hydrogens is 244 g/mol. The number of tetrazole rings is 1. The highest BCUT2D eigenvalue weighted by Crippen LogP contribution is 2.29. The lowest BCUT2D eigenvalue weighted by atomic mass is 10.0. The molecule has 0 radical (unpaired) electrons. The van der Waals surface area contributed by atoms with Crippen molar-refractivity contribution < 1.29 is 0 Å². The summed E-state index contributed by atoms with van der Waals surface area (Å²) >= 11 is 7.54. The number of rotatable bonds is 4. The van der Waals surface area contributed by atoms with Crippen LogP contribution < -0.4 is 0 Å². The summed E-state index contributed by atoms with van der Waals surface area (Å²) in [7, 11) is 0. The largest absolute Gasteiger partial charge is 0.220 e. The highest BCUT2D eigenvalue weighted by atomic mass is 35.5. The van der Waals surface area contributed by atoms with Gasteiger partial charge in [-0.05, 0) is 27.8 Å². The van der Waals surface area contributed by atoms with Crippen molar-refractivity contribution in [1.29, 1.82) is 0 Å². The Morgan fingerprint density at radius 3 is 2.88 bits per heavy atom. The maximum Gasteiger partial charge on any atom is 0.166 e. The number of thiophene rings is 1. The van der Waals surface area contributed by atoms with Gasteiger partial charge in [-0.25, -0.2) is 4.68 Å². The van der Waals surface area contributed by atoms with Gasteiger partial charge < -0.3 is 0 Å². The number of nitrogens with zero attached hydrogens (tertiary/aromatic N) is 4. The Labute approximate surface area is 103 Å². The molecule has 0 spiro atoms. The first kappa shape index (κ1) is 11.5. The van der Waals surface area contributed by atoms with Gasteiger partial charge in [0.05, 0.1) is 11.9 Å². The van der Waals surface area contributed by atoms with Crippen LogP contribution in [0.4, 0.5) is 0 Å². The first-order valence-corrected chi connectivity index (χ1v) is 6.51. The van der Waals surface area contributed by atoms with E-state index in [4.69, 9.17) is 11.6 Å². The second-order valence-electron chi connectivity index (χ2n) is 3.88. The zero-order valence-electron chi connectivity index (χ0n) is 9.17. The maximum absolute atomic E-state index is 5.82. The minimum atomic E-state index is 0.170. The smallest absolute Gasteiger partial charge is 0.166 e. The van der Waals surface area contributed by atoms with Crippen molar-refractivity contribution in [3.63, 3.8) is 0 Å². The van der Waals surface area contributed by atoms with Gasteiger partial charge in [0.1, 0.15) is 0 Å². The van der Waals surface area contributed by atoms with Crippen molar-refractivity contribution in [2.45, 2.75) is 25.8 Å². The molecule has 0 amide bonds. The van der Waals surface area contributed by atoms with Gasteiger partial charge in [0.15, 0.2) is 5.82 Å². The molecule has 0 fully saturated rings. The van der Waals surface area contributed by atoms with E-state index in [0.29, 0.717) is 17.6 Å². The molecule has 16 heavy (non-hydrogen) atoms. The number of halogens is 1. The van der Waals surface area contributed by atoms with E-state index < -0.39 is 0 Å². The summed E-state index contributed by atoms with van der Waals surface area (Å²) in [6, 6.07) is 4.32. The molecule has 0 aliphatic rings. The lowest BCUT2D eigenvalue weighted by molar-refractivity contribution is 0.392. The van der Waals surface area contributed by atoms with E-state index in [1.807, 2.05) is 10.7 Å². The van der Waals surface area contributed by atoms with E-state index in [9.17, 15) is 0 Å². The van der Waals surface area contributed by atoms with Gasteiger partial charge in [0, 0.05) is 4.88 Å². The standard InChI is InChI=1S/C10H13ClN4S/c1-7(2)10(8-4-3-5-16-8)15-9(6-11)12-13-14-15/h3-5,7,10H,6H2,1-2H3. The van der Waals surface area contributed by atoms with E-state index in [2.05, 4.69) is 40.8 Å². The van der Waals surface area contributed by atoms with Gasteiger partial charge in [0.25, 0.3) is 0 Å². The number of aromatic nitrogens is 4. The minimum absolute atomic E-state index is 0.170. The number of hydrogen-bond donors (Lipinski definition) is 0. The van der Waals surface area contributed by atoms with Crippen LogP contribution in [0.1, 0.15) is 30.6 Å². The lowest BCUT2D eigenvalue weighted by Gasteiger charge is -2.20. The number of hydrogen-bond acceptors (Lipinski definition) is 4. The molecule has 2 aromatic heterocycles. The van der Waals surface area contributed by atoms with Crippen molar-refractivity contribution in [3.05, 3.63) is 28.2 Å². The monoisotopic (exact) mass is 256 g/mol. The third kappa shape index (κ3) is 2.10. The predicted molar refractivity (Wildman–Crippen MR) is 64.7 cm³/mol. The average molecular weight is 257 g/mol. The molecule has 2 heterocycles. The zero-order chi connectivity index (χ0) is 11.5. The molecule has 0 aliphatic carbocycles. The Kier molecular flexibility index (Phi) is 3.56. The molecule has 4 nitrogen and oxygen atoms in total. The van der Waals surface area contributed by atoms with E-state index in [0.717, 1.165) is 0 Å². The molecule has 0 saturated carbocycles. The lowest BCUT2D eigenvalue weighted by Crippen LogP contribution is -2.19. The van der Waals surface area contributed by atoms with Gasteiger partial charge >= 0.3 is 0 Å². The first-order chi connectivity index (χ1) is 7.74. The second kappa shape index (κ2) is 4.93. The van der Waals surface area contributed by atoms with Gasteiger partial charge in [-0.3, -0.25) is 0 Å². The van der Waals surface area contributed by atoms with Crippen LogP contribution in [0.15, 0.2) is 17.5 Å². The third-order valence-electron chi connectivity index (χ3n) is 2.41. The topological polar surface area (TPSA) is 43.6 Å². The zero-order valence-corrected chi connectivity index (χ0v) is 10.7. The van der Waals surface area contributed by atoms with Crippen molar-refractivity contribution in [1.82, 2.24) is 20.2 Å². The molecule has 0 bridgehead atoms. The predicted octanol–water partition coefficient (Wildman–Crippen LogP) is 2.72. The fourth-order valence-electron chi connectivity index (χ4n) is 1.71. The summed E-state index contributed by atoms with van der Waals surface area (Å²) in [6.07, 6.45) is 0. The van der Waals surface area contributed by atoms with Crippen LogP contribution in [0.25, 0.3) is 0 Å². The van der Waals surface area contributed by atoms with Crippen LogP contribution in [0, 0.1) is 5.92 Å². The molecule has 0 saturated heterocycles. The quantitative estimate of drug-likeness (QED) is 0.790. The summed E-state index contributed by atoms with van der Waals surface area (Å²) in [6.45, 7) is 4.31. The molecule has 2 rings (SSSR count). The maximum atomic E-state index is 5.82. The van der Waals surface area contributed by atoms with E-state index in [1.54, 1.807) is 11.3 Å². The second-order valence-corrected chi connectivity index (χ2v) is 5.12. The van der Waals surface area contributed by atoms with Gasteiger partial charge in [0.2, 0.25) is 0 Å². The summed E-state index contributed by atoms with van der Waals surface area (Å²) in [5, 5.41) is 13.7. The van der Waals surface area contributed by atoms with Crippen molar-refractivity contribution >= 4 is 22.9 Å². The van der Waals surface area contributed by atoms with Crippen LogP contribution in [0.2, 0.25) is 0 Å². The van der Waals surface area contributed by atoms with Gasteiger partial charge in [-0.1, -0.05) is 19.9 Å². The van der Waals surface area contributed by atoms with Crippen LogP contribution in [-0.2, 0) is 5.88 Å². The van der Waals surface area contributed by atoms with Gasteiger partial charge in [-0.15, -0.1) is 28.0 Å². The molecule has 1 unspecified atom stereocenters. The summed E-state index contributed by atoms with van der Waals surface area (Å²) in [4.78, 5) is 1.26. The molecule has 1 atom stereocenters. The highest BCUT2D eigenvalue weighted by Gasteiger charge is 2.22. The Morgan fingerprint density at radius 1 is 1.50 bits per heavy atom. The molecule has 0 N–H and O–H groups in total. The van der Waals surface area contributed by atoms with Crippen molar-refractivity contribution in [2.24, 2.45) is 5.92 Å². The van der Waals surface area contributed by atoms with E-state index in [1.165, 1.54) is 4.88 Å². The fourth-order valence-corrected chi connectivity index (χ4v) is 2.87. The Bertz CT molecular complexity index is 437. The van der Waals surface area contributed by atoms with Crippen LogP contribution in [0.5, 0.6) is 0 Å². The molecule has 0 aliphatic heterocycles. The molecule has 6 heteroatoms. The van der Waals surface area contributed by atoms with Gasteiger partial charge in [-0.2, -0.15) is 0 Å². The Morgan fingerprint density at radius 2 is 2.31 bits per heavy atom. The summed E-state index contributed by atoms with van der Waals surface area (Å²) < 4.78 is 1.82. The van der Waals surface area contributed by atoms with Crippen LogP contribution >= 0.6 is 22.9 Å². The minimum Gasteiger partial charge on any atom is -0.220 e. The molecule has 2 aromatic rings. The number of alkyl halides is 1. The Hall–Kier alpha value is -0.940. The SMILES string of the molecule is CC(C)C(c1cccs1)n1nnnc1CCl. The molecule has 86 valence electrons. The molecular formula is C10H13ClN4S. The summed E-state index contributed by atoms with van der Waals surface area (Å²) in [5.74, 6) is 1.47.